The van der Waals surface area contributed by atoms with Crippen LogP contribution in [-0.2, 0) is 12.8 Å². The molecule has 3 rings (SSSR count). The molecule has 1 aliphatic rings. The lowest BCUT2D eigenvalue weighted by Gasteiger charge is -2.21. The zero-order chi connectivity index (χ0) is 14.7. The largest absolute Gasteiger partial charge is 0.394 e. The fourth-order valence-electron chi connectivity index (χ4n) is 3.05. The van der Waals surface area contributed by atoms with Gasteiger partial charge in [-0.2, -0.15) is 0 Å². The van der Waals surface area contributed by atoms with E-state index >= 15 is 0 Å². The minimum absolute atomic E-state index is 0.000304. The molecule has 0 spiro atoms. The van der Waals surface area contributed by atoms with Gasteiger partial charge in [-0.1, -0.05) is 30.3 Å². The summed E-state index contributed by atoms with van der Waals surface area (Å²) in [5.41, 5.74) is 2.70. The SMILES string of the molecule is CC(NC(CO)c1ccccc1)c1cc2c(s1)CCCC2. The van der Waals surface area contributed by atoms with Gasteiger partial charge in [-0.3, -0.25) is 0 Å². The first-order valence-electron chi connectivity index (χ1n) is 7.81. The van der Waals surface area contributed by atoms with Gasteiger partial charge in [0.05, 0.1) is 12.6 Å². The molecule has 2 atom stereocenters. The Labute approximate surface area is 130 Å². The second kappa shape index (κ2) is 6.73. The zero-order valence-corrected chi connectivity index (χ0v) is 13.3. The molecule has 1 aromatic carbocycles. The normalized spacial score (nSPS) is 17.2. The minimum Gasteiger partial charge on any atom is -0.394 e. The lowest BCUT2D eigenvalue weighted by atomic mass is 9.99. The van der Waals surface area contributed by atoms with Crippen LogP contribution in [-0.4, -0.2) is 11.7 Å². The highest BCUT2D eigenvalue weighted by atomic mass is 32.1. The van der Waals surface area contributed by atoms with E-state index in [1.165, 1.54) is 30.6 Å². The topological polar surface area (TPSA) is 32.3 Å². The van der Waals surface area contributed by atoms with Crippen LogP contribution in [0, 0.1) is 0 Å². The van der Waals surface area contributed by atoms with Crippen LogP contribution in [0.4, 0.5) is 0 Å². The summed E-state index contributed by atoms with van der Waals surface area (Å²) in [6, 6.07) is 12.8. The van der Waals surface area contributed by atoms with E-state index in [9.17, 15) is 5.11 Å². The molecule has 0 radical (unpaired) electrons. The van der Waals surface area contributed by atoms with Gasteiger partial charge in [0.1, 0.15) is 0 Å². The number of fused-ring (bicyclic) bond motifs is 1. The third-order valence-corrected chi connectivity index (χ3v) is 5.70. The van der Waals surface area contributed by atoms with Crippen LogP contribution in [0.2, 0.25) is 0 Å². The predicted molar refractivity (Wildman–Crippen MR) is 88.8 cm³/mol. The van der Waals surface area contributed by atoms with Crippen molar-refractivity contribution in [3.05, 3.63) is 57.3 Å². The van der Waals surface area contributed by atoms with Crippen molar-refractivity contribution >= 4 is 11.3 Å². The monoisotopic (exact) mass is 301 g/mol. The average Bonchev–Trinajstić information content (AvgIpc) is 2.97. The second-order valence-electron chi connectivity index (χ2n) is 5.84. The van der Waals surface area contributed by atoms with Crippen LogP contribution in [0.25, 0.3) is 0 Å². The number of aliphatic hydroxyl groups is 1. The van der Waals surface area contributed by atoms with E-state index in [0.29, 0.717) is 0 Å². The standard InChI is InChI=1S/C18H23NOS/c1-13(18-11-15-9-5-6-10-17(15)21-18)19-16(12-20)14-7-3-2-4-8-14/h2-4,7-8,11,13,16,19-20H,5-6,9-10,12H2,1H3. The van der Waals surface area contributed by atoms with E-state index in [1.54, 1.807) is 10.4 Å². The van der Waals surface area contributed by atoms with Crippen molar-refractivity contribution in [3.63, 3.8) is 0 Å². The van der Waals surface area contributed by atoms with Crippen molar-refractivity contribution < 1.29 is 5.11 Å². The summed E-state index contributed by atoms with van der Waals surface area (Å²) >= 11 is 1.95. The highest BCUT2D eigenvalue weighted by Crippen LogP contribution is 2.33. The molecule has 0 amide bonds. The summed E-state index contributed by atoms with van der Waals surface area (Å²) < 4.78 is 0. The van der Waals surface area contributed by atoms with E-state index < -0.39 is 0 Å². The Balaban J connectivity index is 1.72. The lowest BCUT2D eigenvalue weighted by Crippen LogP contribution is -2.26. The summed E-state index contributed by atoms with van der Waals surface area (Å²) in [6.07, 6.45) is 5.14. The van der Waals surface area contributed by atoms with E-state index in [-0.39, 0.29) is 18.7 Å². The average molecular weight is 301 g/mol. The number of hydrogen-bond donors (Lipinski definition) is 2. The first kappa shape index (κ1) is 14.8. The molecule has 0 bridgehead atoms. The van der Waals surface area contributed by atoms with Crippen molar-refractivity contribution in [1.29, 1.82) is 0 Å². The first-order valence-corrected chi connectivity index (χ1v) is 8.63. The summed E-state index contributed by atoms with van der Waals surface area (Å²) in [5, 5.41) is 13.2. The smallest absolute Gasteiger partial charge is 0.0626 e. The summed E-state index contributed by atoms with van der Waals surface area (Å²) in [5.74, 6) is 0. The number of benzene rings is 1. The summed E-state index contributed by atoms with van der Waals surface area (Å²) in [6.45, 7) is 2.32. The van der Waals surface area contributed by atoms with Crippen LogP contribution in [0.5, 0.6) is 0 Å². The Kier molecular flexibility index (Phi) is 4.73. The lowest BCUT2D eigenvalue weighted by molar-refractivity contribution is 0.236. The van der Waals surface area contributed by atoms with E-state index in [4.69, 9.17) is 0 Å². The highest BCUT2D eigenvalue weighted by molar-refractivity contribution is 7.12. The molecule has 1 heterocycles. The van der Waals surface area contributed by atoms with Gasteiger partial charge in [0.25, 0.3) is 0 Å². The van der Waals surface area contributed by atoms with Gasteiger partial charge in [-0.25, -0.2) is 0 Å². The molecule has 0 saturated heterocycles. The maximum atomic E-state index is 9.68. The number of thiophene rings is 1. The van der Waals surface area contributed by atoms with Gasteiger partial charge in [0, 0.05) is 15.8 Å². The van der Waals surface area contributed by atoms with Crippen LogP contribution in [0.15, 0.2) is 36.4 Å². The molecule has 1 aliphatic carbocycles. The van der Waals surface area contributed by atoms with Crippen LogP contribution in [0.1, 0.15) is 52.7 Å². The second-order valence-corrected chi connectivity index (χ2v) is 7.01. The van der Waals surface area contributed by atoms with Gasteiger partial charge in [0.2, 0.25) is 0 Å². The Morgan fingerprint density at radius 1 is 1.19 bits per heavy atom. The van der Waals surface area contributed by atoms with Gasteiger partial charge < -0.3 is 10.4 Å². The van der Waals surface area contributed by atoms with Crippen molar-refractivity contribution in [3.8, 4) is 0 Å². The van der Waals surface area contributed by atoms with Gasteiger partial charge in [0.15, 0.2) is 0 Å². The molecule has 2 unspecified atom stereocenters. The van der Waals surface area contributed by atoms with Crippen LogP contribution in [0.3, 0.4) is 0 Å². The van der Waals surface area contributed by atoms with Crippen LogP contribution < -0.4 is 5.32 Å². The molecular weight excluding hydrogens is 278 g/mol. The fourth-order valence-corrected chi connectivity index (χ4v) is 4.32. The highest BCUT2D eigenvalue weighted by Gasteiger charge is 2.19. The van der Waals surface area contributed by atoms with Crippen molar-refractivity contribution in [2.24, 2.45) is 0 Å². The number of hydrogen-bond acceptors (Lipinski definition) is 3. The third-order valence-electron chi connectivity index (χ3n) is 4.28. The fraction of sp³-hybridized carbons (Fsp3) is 0.444. The molecule has 112 valence electrons. The van der Waals surface area contributed by atoms with Crippen LogP contribution >= 0.6 is 11.3 Å². The molecule has 0 fully saturated rings. The van der Waals surface area contributed by atoms with Gasteiger partial charge >= 0.3 is 0 Å². The first-order chi connectivity index (χ1) is 10.3. The van der Waals surface area contributed by atoms with E-state index in [0.717, 1.165) is 5.56 Å². The van der Waals surface area contributed by atoms with Crippen molar-refractivity contribution in [1.82, 2.24) is 5.32 Å². The molecule has 2 nitrogen and oxygen atoms in total. The molecule has 0 saturated carbocycles. The predicted octanol–water partition coefficient (Wildman–Crippen LogP) is 4.01. The molecule has 3 heteroatoms. The Bertz CT molecular complexity index is 555. The third kappa shape index (κ3) is 3.37. The Hall–Kier alpha value is -1.16. The minimum atomic E-state index is 0.000304. The van der Waals surface area contributed by atoms with Gasteiger partial charge in [-0.15, -0.1) is 11.3 Å². The molecular formula is C18H23NOS. The Morgan fingerprint density at radius 3 is 2.67 bits per heavy atom. The number of rotatable bonds is 5. The molecule has 1 aromatic heterocycles. The zero-order valence-electron chi connectivity index (χ0n) is 12.5. The van der Waals surface area contributed by atoms with Crippen molar-refractivity contribution in [2.75, 3.05) is 6.61 Å². The molecule has 2 N–H and O–H groups in total. The number of aliphatic hydroxyl groups excluding tert-OH is 1. The van der Waals surface area contributed by atoms with E-state index in [2.05, 4.69) is 30.4 Å². The summed E-state index contributed by atoms with van der Waals surface area (Å²) in [4.78, 5) is 2.97. The number of nitrogens with one attached hydrogen (secondary N) is 1. The maximum Gasteiger partial charge on any atom is 0.0626 e. The maximum absolute atomic E-state index is 9.68. The van der Waals surface area contributed by atoms with E-state index in [1.807, 2.05) is 29.5 Å². The molecule has 0 aliphatic heterocycles. The summed E-state index contributed by atoms with van der Waals surface area (Å²) in [7, 11) is 0. The van der Waals surface area contributed by atoms with Crippen molar-refractivity contribution in [2.45, 2.75) is 44.7 Å². The number of aryl methyl sites for hydroxylation is 2. The Morgan fingerprint density at radius 2 is 1.95 bits per heavy atom. The quantitative estimate of drug-likeness (QED) is 0.874. The molecule has 2 aromatic rings. The molecule has 21 heavy (non-hydrogen) atoms. The van der Waals surface area contributed by atoms with Gasteiger partial charge in [-0.05, 0) is 49.8 Å².